The summed E-state index contributed by atoms with van der Waals surface area (Å²) < 4.78 is 0. The zero-order chi connectivity index (χ0) is 18.6. The maximum atomic E-state index is 12.7. The zero-order valence-electron chi connectivity index (χ0n) is 15.4. The molecule has 2 rings (SSSR count). The van der Waals surface area contributed by atoms with Crippen molar-refractivity contribution in [3.05, 3.63) is 40.9 Å². The number of carbonyl (C=O) groups is 2. The molecule has 1 heterocycles. The van der Waals surface area contributed by atoms with E-state index in [1.165, 1.54) is 21.8 Å². The van der Waals surface area contributed by atoms with E-state index in [9.17, 15) is 9.59 Å². The van der Waals surface area contributed by atoms with Gasteiger partial charge in [-0.1, -0.05) is 29.8 Å². The van der Waals surface area contributed by atoms with E-state index in [4.69, 9.17) is 0 Å². The average molecular weight is 359 g/mol. The highest BCUT2D eigenvalue weighted by Crippen LogP contribution is 2.24. The lowest BCUT2D eigenvalue weighted by atomic mass is 10.1. The molecule has 0 spiro atoms. The van der Waals surface area contributed by atoms with Gasteiger partial charge in [0.2, 0.25) is 5.91 Å². The normalized spacial score (nSPS) is 11.2. The van der Waals surface area contributed by atoms with Crippen molar-refractivity contribution >= 4 is 23.2 Å². The van der Waals surface area contributed by atoms with Crippen LogP contribution in [0.25, 0.3) is 10.6 Å². The van der Waals surface area contributed by atoms with Crippen molar-refractivity contribution in [3.63, 3.8) is 0 Å². The lowest BCUT2D eigenvalue weighted by Crippen LogP contribution is -2.47. The molecule has 6 heteroatoms. The van der Waals surface area contributed by atoms with Crippen LogP contribution < -0.4 is 5.32 Å². The summed E-state index contributed by atoms with van der Waals surface area (Å²) in [7, 11) is 0. The molecule has 0 aliphatic carbocycles. The number of aromatic nitrogens is 1. The van der Waals surface area contributed by atoms with Crippen molar-refractivity contribution in [1.82, 2.24) is 15.2 Å². The molecule has 25 heavy (non-hydrogen) atoms. The van der Waals surface area contributed by atoms with Gasteiger partial charge in [-0.15, -0.1) is 11.3 Å². The second-order valence-electron chi connectivity index (χ2n) is 7.02. The molecule has 2 amide bonds. The molecular formula is C19H25N3O2S. The summed E-state index contributed by atoms with van der Waals surface area (Å²) in [6.45, 7) is 10.1. The number of benzene rings is 1. The summed E-state index contributed by atoms with van der Waals surface area (Å²) in [5, 5.41) is 5.43. The number of nitrogens with zero attached hydrogens (tertiary/aromatic N) is 2. The Kier molecular flexibility index (Phi) is 5.95. The van der Waals surface area contributed by atoms with Crippen LogP contribution in [0.15, 0.2) is 29.6 Å². The summed E-state index contributed by atoms with van der Waals surface area (Å²) >= 11 is 1.43. The Labute approximate surface area is 153 Å². The highest BCUT2D eigenvalue weighted by molar-refractivity contribution is 7.13. The van der Waals surface area contributed by atoms with Gasteiger partial charge in [0.1, 0.15) is 10.7 Å². The first-order chi connectivity index (χ1) is 11.7. The molecule has 1 aromatic heterocycles. The Hall–Kier alpha value is -2.21. The van der Waals surface area contributed by atoms with Crippen LogP contribution >= 0.6 is 11.3 Å². The number of amides is 2. The molecule has 5 nitrogen and oxygen atoms in total. The number of carbonyl (C=O) groups excluding carboxylic acids is 2. The third kappa shape index (κ3) is 5.39. The van der Waals surface area contributed by atoms with Crippen molar-refractivity contribution < 1.29 is 9.59 Å². The van der Waals surface area contributed by atoms with Gasteiger partial charge in [0, 0.05) is 23.0 Å². The number of rotatable bonds is 5. The van der Waals surface area contributed by atoms with Crippen LogP contribution in [-0.4, -0.2) is 40.3 Å². The fourth-order valence-electron chi connectivity index (χ4n) is 2.32. The number of likely N-dealkylation sites (N-methyl/N-ethyl adjacent to an activating group) is 1. The molecule has 0 saturated carbocycles. The van der Waals surface area contributed by atoms with Crippen LogP contribution in [0.5, 0.6) is 0 Å². The Bertz CT molecular complexity index is 745. The quantitative estimate of drug-likeness (QED) is 0.889. The van der Waals surface area contributed by atoms with E-state index in [0.717, 1.165) is 10.6 Å². The molecule has 134 valence electrons. The largest absolute Gasteiger partial charge is 0.350 e. The van der Waals surface area contributed by atoms with E-state index in [0.29, 0.717) is 12.2 Å². The summed E-state index contributed by atoms with van der Waals surface area (Å²) in [6.07, 6.45) is 0. The van der Waals surface area contributed by atoms with E-state index in [1.807, 2.05) is 58.9 Å². The molecule has 0 radical (unpaired) electrons. The topological polar surface area (TPSA) is 62.3 Å². The van der Waals surface area contributed by atoms with Gasteiger partial charge in [-0.05, 0) is 34.6 Å². The third-order valence-electron chi connectivity index (χ3n) is 3.54. The van der Waals surface area contributed by atoms with Gasteiger partial charge in [0.05, 0.1) is 6.54 Å². The lowest BCUT2D eigenvalue weighted by molar-refractivity contribution is -0.123. The van der Waals surface area contributed by atoms with Crippen molar-refractivity contribution in [1.29, 1.82) is 0 Å². The van der Waals surface area contributed by atoms with E-state index in [2.05, 4.69) is 10.3 Å². The predicted molar refractivity (Wildman–Crippen MR) is 102 cm³/mol. The van der Waals surface area contributed by atoms with Gasteiger partial charge in [-0.25, -0.2) is 4.98 Å². The third-order valence-corrected chi connectivity index (χ3v) is 4.43. The molecule has 2 aromatic rings. The number of hydrogen-bond donors (Lipinski definition) is 1. The molecule has 1 aromatic carbocycles. The Morgan fingerprint density at radius 1 is 1.20 bits per heavy atom. The fraction of sp³-hybridized carbons (Fsp3) is 0.421. The van der Waals surface area contributed by atoms with Crippen molar-refractivity contribution in [2.75, 3.05) is 13.1 Å². The maximum Gasteiger partial charge on any atom is 0.273 e. The van der Waals surface area contributed by atoms with Gasteiger partial charge >= 0.3 is 0 Å². The summed E-state index contributed by atoms with van der Waals surface area (Å²) in [4.78, 5) is 30.7. The second-order valence-corrected chi connectivity index (χ2v) is 7.88. The molecule has 0 fully saturated rings. The molecule has 0 unspecified atom stereocenters. The minimum absolute atomic E-state index is 0.0317. The van der Waals surface area contributed by atoms with Crippen molar-refractivity contribution in [2.24, 2.45) is 0 Å². The molecule has 0 saturated heterocycles. The van der Waals surface area contributed by atoms with Crippen LogP contribution in [0, 0.1) is 6.92 Å². The monoisotopic (exact) mass is 359 g/mol. The zero-order valence-corrected chi connectivity index (χ0v) is 16.2. The van der Waals surface area contributed by atoms with E-state index >= 15 is 0 Å². The van der Waals surface area contributed by atoms with Gasteiger partial charge in [-0.2, -0.15) is 0 Å². The smallest absolute Gasteiger partial charge is 0.273 e. The standard InChI is InChI=1S/C19H25N3O2S/c1-6-22(11-16(23)21-19(3,4)5)18(24)15-12-25-17(20-15)14-9-7-13(2)8-10-14/h7-10,12H,6,11H2,1-5H3,(H,21,23). The van der Waals surface area contributed by atoms with Crippen molar-refractivity contribution in [2.45, 2.75) is 40.2 Å². The molecule has 1 N–H and O–H groups in total. The molecular weight excluding hydrogens is 334 g/mol. The molecule has 0 atom stereocenters. The SMILES string of the molecule is CCN(CC(=O)NC(C)(C)C)C(=O)c1csc(-c2ccc(C)cc2)n1. The van der Waals surface area contributed by atoms with E-state index in [1.54, 1.807) is 5.38 Å². The molecule has 0 aliphatic rings. The molecule has 0 bridgehead atoms. The number of aryl methyl sites for hydroxylation is 1. The second kappa shape index (κ2) is 7.78. The first-order valence-corrected chi connectivity index (χ1v) is 9.20. The van der Waals surface area contributed by atoms with E-state index < -0.39 is 0 Å². The van der Waals surface area contributed by atoms with Gasteiger partial charge < -0.3 is 10.2 Å². The predicted octanol–water partition coefficient (Wildman–Crippen LogP) is 3.50. The van der Waals surface area contributed by atoms with Crippen molar-refractivity contribution in [3.8, 4) is 10.6 Å². The minimum atomic E-state index is -0.321. The van der Waals surface area contributed by atoms with Crippen LogP contribution in [0.4, 0.5) is 0 Å². The summed E-state index contributed by atoms with van der Waals surface area (Å²) in [5.74, 6) is -0.391. The summed E-state index contributed by atoms with van der Waals surface area (Å²) in [6, 6.07) is 8.04. The van der Waals surface area contributed by atoms with Crippen LogP contribution in [0.3, 0.4) is 0 Å². The Morgan fingerprint density at radius 3 is 2.40 bits per heavy atom. The van der Waals surface area contributed by atoms with Crippen LogP contribution in [0.1, 0.15) is 43.7 Å². The fourth-order valence-corrected chi connectivity index (χ4v) is 3.12. The maximum absolute atomic E-state index is 12.7. The number of nitrogens with one attached hydrogen (secondary N) is 1. The first kappa shape index (κ1) is 19.1. The Balaban J connectivity index is 2.10. The number of thiazole rings is 1. The van der Waals surface area contributed by atoms with Gasteiger partial charge in [0.15, 0.2) is 0 Å². The van der Waals surface area contributed by atoms with Crippen LogP contribution in [-0.2, 0) is 4.79 Å². The molecule has 0 aliphatic heterocycles. The minimum Gasteiger partial charge on any atom is -0.350 e. The first-order valence-electron chi connectivity index (χ1n) is 8.32. The Morgan fingerprint density at radius 2 is 1.84 bits per heavy atom. The highest BCUT2D eigenvalue weighted by Gasteiger charge is 2.22. The number of hydrogen-bond acceptors (Lipinski definition) is 4. The van der Waals surface area contributed by atoms with E-state index in [-0.39, 0.29) is 23.9 Å². The lowest BCUT2D eigenvalue weighted by Gasteiger charge is -2.24. The highest BCUT2D eigenvalue weighted by atomic mass is 32.1. The van der Waals surface area contributed by atoms with Gasteiger partial charge in [0.25, 0.3) is 5.91 Å². The summed E-state index contributed by atoms with van der Waals surface area (Å²) in [5.41, 5.74) is 2.23. The average Bonchev–Trinajstić information content (AvgIpc) is 3.01. The van der Waals surface area contributed by atoms with Crippen LogP contribution in [0.2, 0.25) is 0 Å². The van der Waals surface area contributed by atoms with Gasteiger partial charge in [-0.3, -0.25) is 9.59 Å².